The number of nitrogens with zero attached hydrogens (tertiary/aromatic N) is 3. The minimum Gasteiger partial charge on any atom is -0.450 e. The molecule has 7 heteroatoms. The highest BCUT2D eigenvalue weighted by Gasteiger charge is 2.24. The molecule has 1 unspecified atom stereocenters. The minimum absolute atomic E-state index is 0.302. The Balaban J connectivity index is 1.38. The summed E-state index contributed by atoms with van der Waals surface area (Å²) in [5.41, 5.74) is 2.50. The Labute approximate surface area is 200 Å². The molecular formula is C26H44N4O3. The van der Waals surface area contributed by atoms with Gasteiger partial charge in [0.05, 0.1) is 6.61 Å². The molecule has 2 heterocycles. The van der Waals surface area contributed by atoms with Gasteiger partial charge in [-0.3, -0.25) is 9.80 Å². The molecule has 2 aliphatic rings. The van der Waals surface area contributed by atoms with Crippen LogP contribution in [0.3, 0.4) is 0 Å². The Hall–Kier alpha value is -1.83. The highest BCUT2D eigenvalue weighted by Crippen LogP contribution is 2.27. The smallest absolute Gasteiger partial charge is 0.407 e. The van der Waals surface area contributed by atoms with E-state index in [1.807, 2.05) is 20.8 Å². The number of nitrogens with one attached hydrogen (secondary N) is 1. The lowest BCUT2D eigenvalue weighted by Crippen LogP contribution is -2.50. The molecule has 2 aliphatic heterocycles. The van der Waals surface area contributed by atoms with Gasteiger partial charge in [0.15, 0.2) is 0 Å². The van der Waals surface area contributed by atoms with Crippen molar-refractivity contribution in [2.45, 2.75) is 71.7 Å². The number of hydrogen-bond donors (Lipinski definition) is 2. The number of alkyl carbamates (subject to hydrolysis) is 1. The third kappa shape index (κ3) is 8.47. The molecule has 1 amide bonds. The van der Waals surface area contributed by atoms with Crippen molar-refractivity contribution >= 4 is 11.8 Å². The number of benzene rings is 1. The quantitative estimate of drug-likeness (QED) is 0.577. The first-order chi connectivity index (χ1) is 15.7. The second kappa shape index (κ2) is 12.0. The van der Waals surface area contributed by atoms with Gasteiger partial charge in [0, 0.05) is 57.0 Å². The number of para-hydroxylation sites is 1. The lowest BCUT2D eigenvalue weighted by Gasteiger charge is -2.38. The van der Waals surface area contributed by atoms with Gasteiger partial charge in [-0.05, 0) is 64.0 Å². The number of amides is 1. The maximum absolute atomic E-state index is 11.7. The molecule has 1 aromatic rings. The zero-order valence-electron chi connectivity index (χ0n) is 21.1. The van der Waals surface area contributed by atoms with Crippen LogP contribution in [0.4, 0.5) is 10.5 Å². The van der Waals surface area contributed by atoms with Crippen molar-refractivity contribution in [3.63, 3.8) is 0 Å². The number of rotatable bonds is 8. The van der Waals surface area contributed by atoms with Crippen LogP contribution in [0.25, 0.3) is 0 Å². The molecule has 0 spiro atoms. The molecule has 1 aromatic carbocycles. The number of carbonyl (C=O) groups excluding carboxylic acids is 1. The predicted octanol–water partition coefficient (Wildman–Crippen LogP) is 3.66. The number of hydrogen-bond acceptors (Lipinski definition) is 6. The van der Waals surface area contributed by atoms with Gasteiger partial charge < -0.3 is 20.1 Å². The van der Waals surface area contributed by atoms with Crippen molar-refractivity contribution in [3.05, 3.63) is 29.8 Å². The van der Waals surface area contributed by atoms with Crippen molar-refractivity contribution in [1.29, 1.82) is 0 Å². The van der Waals surface area contributed by atoms with Gasteiger partial charge in [-0.25, -0.2) is 4.79 Å². The van der Waals surface area contributed by atoms with Gasteiger partial charge in [-0.15, -0.1) is 0 Å². The summed E-state index contributed by atoms with van der Waals surface area (Å²) in [7, 11) is 0. The zero-order chi connectivity index (χ0) is 23.8. The standard InChI is InChI=1S/C26H44N4O3/c1-21-11-13-29(14-12-21)23-9-6-5-8-22(23)20-28-15-17-30(18-16-28)24(31)10-7-19-33-25(32)27-26(2,3)4/h5-6,8-9,21,24,31H,7,10-20H2,1-4H3,(H,27,32). The molecule has 0 bridgehead atoms. The molecule has 0 aliphatic carbocycles. The summed E-state index contributed by atoms with van der Waals surface area (Å²) < 4.78 is 5.21. The van der Waals surface area contributed by atoms with E-state index >= 15 is 0 Å². The van der Waals surface area contributed by atoms with Crippen molar-refractivity contribution < 1.29 is 14.6 Å². The lowest BCUT2D eigenvalue weighted by atomic mass is 9.98. The van der Waals surface area contributed by atoms with Gasteiger partial charge in [0.2, 0.25) is 0 Å². The van der Waals surface area contributed by atoms with E-state index in [0.717, 1.165) is 51.7 Å². The fourth-order valence-corrected chi connectivity index (χ4v) is 4.62. The van der Waals surface area contributed by atoms with Gasteiger partial charge in [-0.2, -0.15) is 0 Å². The van der Waals surface area contributed by atoms with Gasteiger partial charge in [0.1, 0.15) is 6.23 Å². The average molecular weight is 461 g/mol. The Kier molecular flexibility index (Phi) is 9.41. The highest BCUT2D eigenvalue weighted by molar-refractivity contribution is 5.68. The molecule has 7 nitrogen and oxygen atoms in total. The number of piperazine rings is 1. The Morgan fingerprint density at radius 1 is 1.12 bits per heavy atom. The number of aliphatic hydroxyl groups is 1. The summed E-state index contributed by atoms with van der Waals surface area (Å²) in [6.07, 6.45) is 2.93. The number of anilines is 1. The van der Waals surface area contributed by atoms with Crippen LogP contribution in [0, 0.1) is 5.92 Å². The largest absolute Gasteiger partial charge is 0.450 e. The Morgan fingerprint density at radius 2 is 1.79 bits per heavy atom. The van der Waals surface area contributed by atoms with Crippen LogP contribution in [0.2, 0.25) is 0 Å². The van der Waals surface area contributed by atoms with E-state index in [0.29, 0.717) is 19.4 Å². The van der Waals surface area contributed by atoms with E-state index in [1.165, 1.54) is 24.1 Å². The third-order valence-electron chi connectivity index (χ3n) is 6.66. The van der Waals surface area contributed by atoms with Crippen molar-refractivity contribution in [1.82, 2.24) is 15.1 Å². The Morgan fingerprint density at radius 3 is 2.45 bits per heavy atom. The molecule has 186 valence electrons. The molecule has 0 saturated carbocycles. The van der Waals surface area contributed by atoms with Crippen LogP contribution < -0.4 is 10.2 Å². The molecule has 1 atom stereocenters. The highest BCUT2D eigenvalue weighted by atomic mass is 16.5. The van der Waals surface area contributed by atoms with Crippen LogP contribution in [-0.2, 0) is 11.3 Å². The molecular weight excluding hydrogens is 416 g/mol. The fourth-order valence-electron chi connectivity index (χ4n) is 4.62. The molecule has 2 saturated heterocycles. The molecule has 3 rings (SSSR count). The van der Waals surface area contributed by atoms with Gasteiger partial charge in [-0.1, -0.05) is 25.1 Å². The average Bonchev–Trinajstić information content (AvgIpc) is 2.77. The maximum atomic E-state index is 11.7. The topological polar surface area (TPSA) is 68.3 Å². The predicted molar refractivity (Wildman–Crippen MR) is 133 cm³/mol. The van der Waals surface area contributed by atoms with Crippen molar-refractivity contribution in [2.24, 2.45) is 5.92 Å². The first-order valence-electron chi connectivity index (χ1n) is 12.6. The van der Waals surface area contributed by atoms with E-state index in [2.05, 4.69) is 51.2 Å². The molecule has 2 N–H and O–H groups in total. The third-order valence-corrected chi connectivity index (χ3v) is 6.66. The maximum Gasteiger partial charge on any atom is 0.407 e. The zero-order valence-corrected chi connectivity index (χ0v) is 21.1. The number of piperidine rings is 1. The van der Waals surface area contributed by atoms with E-state index in [9.17, 15) is 9.90 Å². The first-order valence-corrected chi connectivity index (χ1v) is 12.6. The van der Waals surface area contributed by atoms with E-state index < -0.39 is 12.3 Å². The number of aliphatic hydroxyl groups excluding tert-OH is 1. The van der Waals surface area contributed by atoms with Crippen LogP contribution in [0.15, 0.2) is 24.3 Å². The van der Waals surface area contributed by atoms with Gasteiger partial charge in [0.25, 0.3) is 0 Å². The van der Waals surface area contributed by atoms with Crippen molar-refractivity contribution in [2.75, 3.05) is 50.8 Å². The van der Waals surface area contributed by atoms with E-state index in [4.69, 9.17) is 4.74 Å². The summed E-state index contributed by atoms with van der Waals surface area (Å²) in [5, 5.41) is 13.4. The fraction of sp³-hybridized carbons (Fsp3) is 0.731. The lowest BCUT2D eigenvalue weighted by molar-refractivity contribution is -0.0342. The summed E-state index contributed by atoms with van der Waals surface area (Å²) >= 11 is 0. The summed E-state index contributed by atoms with van der Waals surface area (Å²) in [6.45, 7) is 15.3. The molecule has 2 fully saturated rings. The second-order valence-electron chi connectivity index (χ2n) is 10.7. The second-order valence-corrected chi connectivity index (χ2v) is 10.7. The van der Waals surface area contributed by atoms with Crippen molar-refractivity contribution in [3.8, 4) is 0 Å². The number of carbonyl (C=O) groups is 1. The normalized spacial score (nSPS) is 20.0. The number of ether oxygens (including phenoxy) is 1. The summed E-state index contributed by atoms with van der Waals surface area (Å²) in [6, 6.07) is 8.84. The van der Waals surface area contributed by atoms with E-state index in [1.54, 1.807) is 0 Å². The molecule has 0 radical (unpaired) electrons. The summed E-state index contributed by atoms with van der Waals surface area (Å²) in [4.78, 5) is 18.9. The van der Waals surface area contributed by atoms with E-state index in [-0.39, 0.29) is 5.54 Å². The van der Waals surface area contributed by atoms with Gasteiger partial charge >= 0.3 is 6.09 Å². The van der Waals surface area contributed by atoms with Crippen LogP contribution in [0.1, 0.15) is 58.9 Å². The minimum atomic E-state index is -0.482. The SMILES string of the molecule is CC1CCN(c2ccccc2CN2CCN(C(O)CCCOC(=O)NC(C)(C)C)CC2)CC1. The Bertz CT molecular complexity index is 735. The first kappa shape index (κ1) is 25.8. The van der Waals surface area contributed by atoms with Crippen LogP contribution in [0.5, 0.6) is 0 Å². The molecule has 33 heavy (non-hydrogen) atoms. The van der Waals surface area contributed by atoms with Crippen LogP contribution >= 0.6 is 0 Å². The molecule has 0 aromatic heterocycles. The summed E-state index contributed by atoms with van der Waals surface area (Å²) in [5.74, 6) is 0.833. The van der Waals surface area contributed by atoms with Crippen LogP contribution in [-0.4, -0.2) is 78.6 Å². The monoisotopic (exact) mass is 460 g/mol.